The molecule has 0 atom stereocenters. The van der Waals surface area contributed by atoms with Crippen LogP contribution in [-0.4, -0.2) is 24.8 Å². The van der Waals surface area contributed by atoms with Crippen LogP contribution in [0.5, 0.6) is 0 Å². The van der Waals surface area contributed by atoms with Gasteiger partial charge in [-0.1, -0.05) is 39.5 Å². The van der Waals surface area contributed by atoms with Gasteiger partial charge < -0.3 is 9.53 Å². The van der Waals surface area contributed by atoms with E-state index >= 15 is 0 Å². The topological polar surface area (TPSA) is 43.4 Å². The van der Waals surface area contributed by atoms with Crippen LogP contribution in [0, 0.1) is 5.41 Å². The first-order valence-electron chi connectivity index (χ1n) is 8.76. The van der Waals surface area contributed by atoms with Crippen LogP contribution in [0.1, 0.15) is 91.9 Å². The molecule has 0 aliphatic rings. The quantitative estimate of drug-likeness (QED) is 0.331. The smallest absolute Gasteiger partial charge is 0.132 e. The molecule has 0 rings (SSSR count). The molecule has 0 bridgehead atoms. The third-order valence-corrected chi connectivity index (χ3v) is 4.38. The summed E-state index contributed by atoms with van der Waals surface area (Å²) in [5.41, 5.74) is -0.251. The Morgan fingerprint density at radius 3 is 1.82 bits per heavy atom. The van der Waals surface area contributed by atoms with Crippen molar-refractivity contribution in [3.8, 4) is 0 Å². The predicted molar refractivity (Wildman–Crippen MR) is 92.1 cm³/mol. The molecule has 0 aliphatic heterocycles. The van der Waals surface area contributed by atoms with Gasteiger partial charge in [-0.05, 0) is 39.5 Å². The van der Waals surface area contributed by atoms with Crippen molar-refractivity contribution in [3.63, 3.8) is 0 Å². The zero-order valence-corrected chi connectivity index (χ0v) is 15.4. The highest BCUT2D eigenvalue weighted by atomic mass is 16.5. The third kappa shape index (κ3) is 11.9. The molecule has 0 spiro atoms. The fourth-order valence-corrected chi connectivity index (χ4v) is 2.42. The van der Waals surface area contributed by atoms with Gasteiger partial charge in [0.2, 0.25) is 0 Å². The van der Waals surface area contributed by atoms with Gasteiger partial charge in [0, 0.05) is 25.4 Å². The molecule has 0 saturated carbocycles. The summed E-state index contributed by atoms with van der Waals surface area (Å²) in [6, 6.07) is 0. The number of unbranched alkanes of at least 4 members (excludes halogenated alkanes) is 4. The monoisotopic (exact) mass is 312 g/mol. The van der Waals surface area contributed by atoms with E-state index < -0.39 is 0 Å². The highest BCUT2D eigenvalue weighted by Gasteiger charge is 2.16. The van der Waals surface area contributed by atoms with Crippen molar-refractivity contribution >= 4 is 12.1 Å². The van der Waals surface area contributed by atoms with E-state index in [1.165, 1.54) is 0 Å². The molecule has 130 valence electrons. The number of aldehydes is 1. The van der Waals surface area contributed by atoms with E-state index in [1.54, 1.807) is 7.11 Å². The maximum Gasteiger partial charge on any atom is 0.132 e. The summed E-state index contributed by atoms with van der Waals surface area (Å²) in [6.07, 6.45) is 10.7. The molecule has 0 aromatic carbocycles. The van der Waals surface area contributed by atoms with Gasteiger partial charge in [0.15, 0.2) is 0 Å². The lowest BCUT2D eigenvalue weighted by molar-refractivity contribution is -0.119. The lowest BCUT2D eigenvalue weighted by Crippen LogP contribution is -2.21. The predicted octanol–water partition coefficient (Wildman–Crippen LogP) is 5.11. The van der Waals surface area contributed by atoms with Crippen LogP contribution < -0.4 is 0 Å². The van der Waals surface area contributed by atoms with Gasteiger partial charge >= 0.3 is 0 Å². The summed E-state index contributed by atoms with van der Waals surface area (Å²) < 4.78 is 5.38. The van der Waals surface area contributed by atoms with Gasteiger partial charge in [-0.2, -0.15) is 0 Å². The molecule has 0 radical (unpaired) electrons. The summed E-state index contributed by atoms with van der Waals surface area (Å²) >= 11 is 0. The van der Waals surface area contributed by atoms with Crippen molar-refractivity contribution in [1.29, 1.82) is 0 Å². The highest BCUT2D eigenvalue weighted by molar-refractivity contribution is 5.78. The second-order valence-electron chi connectivity index (χ2n) is 7.73. The van der Waals surface area contributed by atoms with Crippen LogP contribution >= 0.6 is 0 Å². The molecule has 0 N–H and O–H groups in total. The van der Waals surface area contributed by atoms with Crippen molar-refractivity contribution < 1.29 is 14.3 Å². The second kappa shape index (κ2) is 10.9. The molecule has 0 aromatic rings. The van der Waals surface area contributed by atoms with Gasteiger partial charge in [0.05, 0.1) is 5.60 Å². The molecule has 0 unspecified atom stereocenters. The van der Waals surface area contributed by atoms with Crippen LogP contribution in [0.15, 0.2) is 0 Å². The van der Waals surface area contributed by atoms with Gasteiger partial charge in [0.1, 0.15) is 12.1 Å². The second-order valence-corrected chi connectivity index (χ2v) is 7.73. The molecule has 0 fully saturated rings. The molecule has 0 amide bonds. The Hall–Kier alpha value is -0.700. The Balaban J connectivity index is 3.50. The molecule has 3 heteroatoms. The molecule has 3 nitrogen and oxygen atoms in total. The Kier molecular flexibility index (Phi) is 10.6. The average Bonchev–Trinajstić information content (AvgIpc) is 2.46. The van der Waals surface area contributed by atoms with Crippen molar-refractivity contribution in [1.82, 2.24) is 0 Å². The number of carbonyl (C=O) groups is 2. The molecular weight excluding hydrogens is 276 g/mol. The van der Waals surface area contributed by atoms with E-state index in [0.29, 0.717) is 18.6 Å². The maximum atomic E-state index is 11.8. The zero-order chi connectivity index (χ0) is 17.1. The van der Waals surface area contributed by atoms with E-state index in [9.17, 15) is 9.59 Å². The van der Waals surface area contributed by atoms with Crippen LogP contribution in [0.3, 0.4) is 0 Å². The van der Waals surface area contributed by atoms with E-state index in [1.807, 2.05) is 13.8 Å². The van der Waals surface area contributed by atoms with E-state index in [2.05, 4.69) is 13.8 Å². The summed E-state index contributed by atoms with van der Waals surface area (Å²) in [6.45, 7) is 8.14. The van der Waals surface area contributed by atoms with Crippen LogP contribution in [0.25, 0.3) is 0 Å². The van der Waals surface area contributed by atoms with Crippen molar-refractivity contribution in [2.24, 2.45) is 5.41 Å². The lowest BCUT2D eigenvalue weighted by atomic mass is 9.88. The summed E-state index contributed by atoms with van der Waals surface area (Å²) in [5, 5.41) is 0. The first kappa shape index (κ1) is 21.3. The summed E-state index contributed by atoms with van der Waals surface area (Å²) in [4.78, 5) is 22.6. The number of hydrogen-bond donors (Lipinski definition) is 0. The fraction of sp³-hybridized carbons (Fsp3) is 0.895. The van der Waals surface area contributed by atoms with E-state index in [4.69, 9.17) is 4.74 Å². The number of ether oxygens (including phenoxy) is 1. The minimum absolute atomic E-state index is 0.0424. The van der Waals surface area contributed by atoms with Gasteiger partial charge in [-0.25, -0.2) is 0 Å². The van der Waals surface area contributed by atoms with Gasteiger partial charge in [-0.15, -0.1) is 0 Å². The molecule has 0 saturated heterocycles. The average molecular weight is 312 g/mol. The normalized spacial score (nSPS) is 12.4. The number of methoxy groups -OCH3 is 1. The van der Waals surface area contributed by atoms with E-state index in [0.717, 1.165) is 57.7 Å². The van der Waals surface area contributed by atoms with Crippen molar-refractivity contribution in [2.45, 2.75) is 97.5 Å². The summed E-state index contributed by atoms with van der Waals surface area (Å²) in [7, 11) is 1.75. The van der Waals surface area contributed by atoms with Crippen molar-refractivity contribution in [2.75, 3.05) is 7.11 Å². The fourth-order valence-electron chi connectivity index (χ4n) is 2.42. The molecule has 22 heavy (non-hydrogen) atoms. The molecular formula is C19H36O3. The number of hydrogen-bond acceptors (Lipinski definition) is 3. The first-order valence-corrected chi connectivity index (χ1v) is 8.76. The number of rotatable bonds is 14. The Morgan fingerprint density at radius 1 is 0.864 bits per heavy atom. The minimum atomic E-state index is -0.208. The van der Waals surface area contributed by atoms with Crippen LogP contribution in [0.2, 0.25) is 0 Å². The lowest BCUT2D eigenvalue weighted by Gasteiger charge is -2.22. The minimum Gasteiger partial charge on any atom is -0.379 e. The first-order chi connectivity index (χ1) is 10.2. The molecule has 0 aromatic heterocycles. The number of ketones is 1. The van der Waals surface area contributed by atoms with Gasteiger partial charge in [-0.3, -0.25) is 4.79 Å². The third-order valence-electron chi connectivity index (χ3n) is 4.38. The summed E-state index contributed by atoms with van der Waals surface area (Å²) in [5.74, 6) is 0.389. The number of Topliss-reactive ketones (excluding diaryl/α,β-unsaturated/α-hetero) is 1. The highest BCUT2D eigenvalue weighted by Crippen LogP contribution is 2.21. The maximum absolute atomic E-state index is 11.8. The standard InChI is InChI=1S/C19H36O3/c1-18(2,16-20)14-10-6-8-12-17(21)13-9-7-11-15-19(3,4)22-5/h16H,6-15H2,1-5H3. The Labute approximate surface area is 137 Å². The Morgan fingerprint density at radius 2 is 1.36 bits per heavy atom. The SMILES string of the molecule is COC(C)(C)CCCCCC(=O)CCCCCC(C)(C)C=O. The largest absolute Gasteiger partial charge is 0.379 e. The zero-order valence-electron chi connectivity index (χ0n) is 15.4. The van der Waals surface area contributed by atoms with Gasteiger partial charge in [0.25, 0.3) is 0 Å². The number of carbonyl (C=O) groups excluding carboxylic acids is 2. The molecule has 0 heterocycles. The van der Waals surface area contributed by atoms with Crippen LogP contribution in [0.4, 0.5) is 0 Å². The van der Waals surface area contributed by atoms with E-state index in [-0.39, 0.29) is 11.0 Å². The Bertz CT molecular complexity index is 319. The molecule has 0 aliphatic carbocycles. The van der Waals surface area contributed by atoms with Crippen LogP contribution in [-0.2, 0) is 14.3 Å². The van der Waals surface area contributed by atoms with Crippen molar-refractivity contribution in [3.05, 3.63) is 0 Å².